The molecule has 2 aliphatic rings. The van der Waals surface area contributed by atoms with E-state index in [0.717, 1.165) is 44.0 Å². The van der Waals surface area contributed by atoms with Gasteiger partial charge < -0.3 is 20.3 Å². The van der Waals surface area contributed by atoms with Crippen molar-refractivity contribution in [1.82, 2.24) is 9.97 Å². The summed E-state index contributed by atoms with van der Waals surface area (Å²) in [6.07, 6.45) is 7.55. The Balaban J connectivity index is 1.61. The van der Waals surface area contributed by atoms with E-state index in [1.165, 1.54) is 12.8 Å². The predicted molar refractivity (Wildman–Crippen MR) is 120 cm³/mol. The van der Waals surface area contributed by atoms with Crippen molar-refractivity contribution < 1.29 is 9.53 Å². The molecule has 2 amide bonds. The van der Waals surface area contributed by atoms with E-state index < -0.39 is 0 Å². The summed E-state index contributed by atoms with van der Waals surface area (Å²) in [6, 6.07) is 5.66. The smallest absolute Gasteiger partial charge is 0.327 e. The fourth-order valence-corrected chi connectivity index (χ4v) is 4.07. The Kier molecular flexibility index (Phi) is 6.21. The number of aromatic nitrogens is 2. The van der Waals surface area contributed by atoms with Gasteiger partial charge >= 0.3 is 6.03 Å². The zero-order valence-corrected chi connectivity index (χ0v) is 17.7. The van der Waals surface area contributed by atoms with E-state index in [2.05, 4.69) is 39.6 Å². The molecule has 0 bridgehead atoms. The quantitative estimate of drug-likeness (QED) is 0.797. The van der Waals surface area contributed by atoms with E-state index in [9.17, 15) is 4.79 Å². The van der Waals surface area contributed by atoms with Gasteiger partial charge in [-0.15, -0.1) is 0 Å². The summed E-state index contributed by atoms with van der Waals surface area (Å²) in [4.78, 5) is 26.3. The van der Waals surface area contributed by atoms with Crippen molar-refractivity contribution in [2.75, 3.05) is 53.7 Å². The number of ether oxygens (including phenoxy) is 1. The number of carbonyl (C=O) groups excluding carboxylic acids is 1. The first-order valence-electron chi connectivity index (χ1n) is 10.7. The van der Waals surface area contributed by atoms with E-state index >= 15 is 0 Å². The van der Waals surface area contributed by atoms with Crippen LogP contribution in [0.1, 0.15) is 32.6 Å². The number of pyridine rings is 2. The molecule has 8 heteroatoms. The Bertz CT molecular complexity index is 890. The second-order valence-corrected chi connectivity index (χ2v) is 8.06. The van der Waals surface area contributed by atoms with Crippen LogP contribution in [0.4, 0.5) is 27.8 Å². The van der Waals surface area contributed by atoms with Gasteiger partial charge in [-0.25, -0.2) is 9.78 Å². The monoisotopic (exact) mass is 410 g/mol. The fourth-order valence-electron chi connectivity index (χ4n) is 4.07. The highest BCUT2D eigenvalue weighted by Crippen LogP contribution is 2.31. The number of urea groups is 1. The van der Waals surface area contributed by atoms with Gasteiger partial charge in [0.25, 0.3) is 0 Å². The molecule has 30 heavy (non-hydrogen) atoms. The third-order valence-electron chi connectivity index (χ3n) is 5.67. The molecular formula is C22H30N6O2. The summed E-state index contributed by atoms with van der Waals surface area (Å²) in [7, 11) is 1.58. The van der Waals surface area contributed by atoms with Crippen molar-refractivity contribution in [3.63, 3.8) is 0 Å². The normalized spacial score (nSPS) is 19.2. The summed E-state index contributed by atoms with van der Waals surface area (Å²) in [5.41, 5.74) is 1.49. The molecule has 1 unspecified atom stereocenters. The van der Waals surface area contributed by atoms with Crippen LogP contribution in [0.5, 0.6) is 5.75 Å². The van der Waals surface area contributed by atoms with Crippen LogP contribution in [-0.2, 0) is 0 Å². The summed E-state index contributed by atoms with van der Waals surface area (Å²) < 4.78 is 5.21. The number of anilines is 4. The zero-order valence-electron chi connectivity index (χ0n) is 17.7. The highest BCUT2D eigenvalue weighted by atomic mass is 16.5. The van der Waals surface area contributed by atoms with Gasteiger partial charge in [0.1, 0.15) is 11.6 Å². The molecular weight excluding hydrogens is 380 g/mol. The van der Waals surface area contributed by atoms with E-state index in [1.807, 2.05) is 0 Å². The first-order chi connectivity index (χ1) is 14.6. The molecule has 1 saturated heterocycles. The molecule has 2 aromatic rings. The summed E-state index contributed by atoms with van der Waals surface area (Å²) in [5.74, 6) is 2.87. The third kappa shape index (κ3) is 4.58. The first kappa shape index (κ1) is 20.3. The molecule has 4 heterocycles. The van der Waals surface area contributed by atoms with E-state index in [0.29, 0.717) is 29.7 Å². The van der Waals surface area contributed by atoms with Gasteiger partial charge in [0.2, 0.25) is 0 Å². The Hall–Kier alpha value is -3.03. The second-order valence-electron chi connectivity index (χ2n) is 8.06. The van der Waals surface area contributed by atoms with E-state index in [4.69, 9.17) is 9.72 Å². The number of hydrogen-bond donors (Lipinski definition) is 2. The highest BCUT2D eigenvalue weighted by molar-refractivity contribution is 6.03. The van der Waals surface area contributed by atoms with Gasteiger partial charge in [0, 0.05) is 32.2 Å². The molecule has 1 fully saturated rings. The minimum absolute atomic E-state index is 0.216. The molecule has 1 atom stereocenters. The second kappa shape index (κ2) is 9.19. The van der Waals surface area contributed by atoms with Crippen molar-refractivity contribution >= 4 is 29.0 Å². The molecule has 0 aromatic carbocycles. The van der Waals surface area contributed by atoms with Crippen molar-refractivity contribution in [2.45, 2.75) is 32.6 Å². The van der Waals surface area contributed by atoms with Crippen molar-refractivity contribution in [3.8, 4) is 5.75 Å². The number of amides is 2. The number of nitrogens with zero attached hydrogens (tertiary/aromatic N) is 4. The van der Waals surface area contributed by atoms with Crippen LogP contribution in [0, 0.1) is 5.92 Å². The first-order valence-corrected chi connectivity index (χ1v) is 10.7. The number of fused-ring (bicyclic) bond motifs is 1. The lowest BCUT2D eigenvalue weighted by molar-refractivity contribution is 0.256. The van der Waals surface area contributed by atoms with Gasteiger partial charge in [-0.3, -0.25) is 9.88 Å². The molecule has 0 radical (unpaired) electrons. The number of methoxy groups -OCH3 is 1. The van der Waals surface area contributed by atoms with Crippen LogP contribution in [0.3, 0.4) is 0 Å². The van der Waals surface area contributed by atoms with Crippen LogP contribution >= 0.6 is 0 Å². The molecule has 2 aliphatic heterocycles. The summed E-state index contributed by atoms with van der Waals surface area (Å²) in [6.45, 7) is 5.78. The van der Waals surface area contributed by atoms with Crippen LogP contribution in [0.25, 0.3) is 0 Å². The summed E-state index contributed by atoms with van der Waals surface area (Å²) in [5, 5.41) is 6.38. The molecule has 160 valence electrons. The van der Waals surface area contributed by atoms with Crippen molar-refractivity contribution in [3.05, 3.63) is 30.6 Å². The van der Waals surface area contributed by atoms with Crippen LogP contribution < -0.4 is 25.2 Å². The van der Waals surface area contributed by atoms with Crippen LogP contribution in [-0.4, -0.2) is 49.3 Å². The number of nitrogens with one attached hydrogen (secondary N) is 2. The Morgan fingerprint density at radius 3 is 2.97 bits per heavy atom. The topological polar surface area (TPSA) is 82.6 Å². The maximum absolute atomic E-state index is 13.2. The molecule has 2 N–H and O–H groups in total. The Morgan fingerprint density at radius 2 is 2.13 bits per heavy atom. The van der Waals surface area contributed by atoms with E-state index in [1.54, 1.807) is 30.5 Å². The zero-order chi connectivity index (χ0) is 20.9. The lowest BCUT2D eigenvalue weighted by atomic mass is 10.0. The minimum Gasteiger partial charge on any atom is -0.495 e. The maximum atomic E-state index is 13.2. The number of hydrogen-bond acceptors (Lipinski definition) is 6. The van der Waals surface area contributed by atoms with E-state index in [-0.39, 0.29) is 6.03 Å². The average Bonchev–Trinajstić information content (AvgIpc) is 2.74. The molecule has 0 saturated carbocycles. The highest BCUT2D eigenvalue weighted by Gasteiger charge is 2.25. The predicted octanol–water partition coefficient (Wildman–Crippen LogP) is 3.97. The van der Waals surface area contributed by atoms with Crippen molar-refractivity contribution in [2.24, 2.45) is 5.92 Å². The average molecular weight is 411 g/mol. The minimum atomic E-state index is -0.216. The molecule has 2 aromatic heterocycles. The molecule has 0 aliphatic carbocycles. The molecule has 0 spiro atoms. The third-order valence-corrected chi connectivity index (χ3v) is 5.67. The Morgan fingerprint density at radius 1 is 1.23 bits per heavy atom. The molecule has 8 nitrogen and oxygen atoms in total. The van der Waals surface area contributed by atoms with Crippen LogP contribution in [0.15, 0.2) is 30.6 Å². The maximum Gasteiger partial charge on any atom is 0.327 e. The molecule has 4 rings (SSSR count). The largest absolute Gasteiger partial charge is 0.495 e. The SMILES string of the molecule is COc1cncc(NC(=O)N2CCCCNc3ccc(N4CCCC(C)C4)nc32)c1. The number of carbonyl (C=O) groups is 1. The van der Waals surface area contributed by atoms with Gasteiger partial charge in [0.15, 0.2) is 5.82 Å². The van der Waals surface area contributed by atoms with Gasteiger partial charge in [0.05, 0.1) is 30.9 Å². The fraction of sp³-hybridized carbons (Fsp3) is 0.500. The van der Waals surface area contributed by atoms with Crippen LogP contribution in [0.2, 0.25) is 0 Å². The lowest BCUT2D eigenvalue weighted by Crippen LogP contribution is -2.39. The van der Waals surface area contributed by atoms with Gasteiger partial charge in [-0.1, -0.05) is 6.92 Å². The van der Waals surface area contributed by atoms with Crippen molar-refractivity contribution in [1.29, 1.82) is 0 Å². The summed E-state index contributed by atoms with van der Waals surface area (Å²) >= 11 is 0. The number of piperidine rings is 1. The van der Waals surface area contributed by atoms with Gasteiger partial charge in [-0.05, 0) is 43.7 Å². The van der Waals surface area contributed by atoms with Gasteiger partial charge in [-0.2, -0.15) is 0 Å². The lowest BCUT2D eigenvalue weighted by Gasteiger charge is -2.33. The Labute approximate surface area is 177 Å². The standard InChI is InChI=1S/C22H30N6O2/c1-16-6-5-10-27(15-16)20-8-7-19-21(26-20)28(11-4-3-9-24-19)22(29)25-17-12-18(30-2)14-23-13-17/h7-8,12-14,16,24H,3-6,9-11,15H2,1-2H3,(H,25,29). The number of rotatable bonds is 3.